The van der Waals surface area contributed by atoms with Crippen molar-refractivity contribution >= 4 is 17.7 Å². The number of halogens is 3. The molecular formula is C20H21F3O3S. The van der Waals surface area contributed by atoms with Gasteiger partial charge in [0.2, 0.25) is 0 Å². The number of hydrogen-bond donors (Lipinski definition) is 0. The van der Waals surface area contributed by atoms with Crippen molar-refractivity contribution < 1.29 is 27.4 Å². The van der Waals surface area contributed by atoms with Crippen LogP contribution in [0.25, 0.3) is 0 Å². The average molecular weight is 398 g/mol. The predicted octanol–water partition coefficient (Wildman–Crippen LogP) is 5.94. The number of aryl methyl sites for hydroxylation is 1. The molecule has 0 aliphatic carbocycles. The number of hydrogen-bond acceptors (Lipinski definition) is 4. The normalized spacial score (nSPS) is 10.9. The molecule has 0 aliphatic heterocycles. The van der Waals surface area contributed by atoms with E-state index < -0.39 is 18.2 Å². The Labute approximate surface area is 160 Å². The first-order valence-corrected chi connectivity index (χ1v) is 9.73. The summed E-state index contributed by atoms with van der Waals surface area (Å²) in [7, 11) is 0. The molecule has 0 atom stereocenters. The van der Waals surface area contributed by atoms with Crippen molar-refractivity contribution in [3.63, 3.8) is 0 Å². The summed E-state index contributed by atoms with van der Waals surface area (Å²) < 4.78 is 51.6. The van der Waals surface area contributed by atoms with Crippen LogP contribution in [0.3, 0.4) is 0 Å². The molecule has 0 N–H and O–H groups in total. The molecule has 0 unspecified atom stereocenters. The molecular weight excluding hydrogens is 377 g/mol. The van der Waals surface area contributed by atoms with Crippen LogP contribution in [0.1, 0.15) is 43.4 Å². The fourth-order valence-electron chi connectivity index (χ4n) is 2.50. The van der Waals surface area contributed by atoms with E-state index in [1.807, 2.05) is 6.26 Å². The van der Waals surface area contributed by atoms with E-state index in [0.717, 1.165) is 17.0 Å². The van der Waals surface area contributed by atoms with Crippen LogP contribution in [0, 0.1) is 5.82 Å². The Morgan fingerprint density at radius 1 is 1.19 bits per heavy atom. The fourth-order valence-corrected chi connectivity index (χ4v) is 3.13. The summed E-state index contributed by atoms with van der Waals surface area (Å²) in [5, 5.41) is 0. The van der Waals surface area contributed by atoms with Gasteiger partial charge in [0, 0.05) is 22.9 Å². The highest BCUT2D eigenvalue weighted by molar-refractivity contribution is 7.98. The summed E-state index contributed by atoms with van der Waals surface area (Å²) in [5.74, 6) is -0.921. The van der Waals surface area contributed by atoms with Crippen LogP contribution >= 0.6 is 11.8 Å². The molecule has 0 aromatic heterocycles. The number of rotatable bonds is 8. The second kappa shape index (κ2) is 9.69. The van der Waals surface area contributed by atoms with Crippen molar-refractivity contribution in [2.75, 3.05) is 6.26 Å². The van der Waals surface area contributed by atoms with E-state index in [4.69, 9.17) is 9.47 Å². The van der Waals surface area contributed by atoms with E-state index in [1.54, 1.807) is 32.0 Å². The van der Waals surface area contributed by atoms with Gasteiger partial charge in [0.25, 0.3) is 6.43 Å². The minimum atomic E-state index is -2.79. The summed E-state index contributed by atoms with van der Waals surface area (Å²) in [6.07, 6.45) is -0.453. The van der Waals surface area contributed by atoms with Crippen molar-refractivity contribution in [1.82, 2.24) is 0 Å². The first-order valence-electron chi connectivity index (χ1n) is 8.51. The number of benzene rings is 2. The van der Waals surface area contributed by atoms with Crippen LogP contribution in [0.4, 0.5) is 13.2 Å². The van der Waals surface area contributed by atoms with Crippen molar-refractivity contribution in [2.24, 2.45) is 0 Å². The highest BCUT2D eigenvalue weighted by Crippen LogP contribution is 2.35. The van der Waals surface area contributed by atoms with E-state index in [9.17, 15) is 18.0 Å². The third-order valence-electron chi connectivity index (χ3n) is 3.99. The number of carbonyl (C=O) groups excluding carboxylic acids is 1. The van der Waals surface area contributed by atoms with Gasteiger partial charge in [-0.2, -0.15) is 0 Å². The van der Waals surface area contributed by atoms with Gasteiger partial charge in [0.1, 0.15) is 23.9 Å². The van der Waals surface area contributed by atoms with E-state index in [0.29, 0.717) is 17.7 Å². The molecule has 0 bridgehead atoms. The van der Waals surface area contributed by atoms with Crippen LogP contribution in [0.15, 0.2) is 35.2 Å². The van der Waals surface area contributed by atoms with Gasteiger partial charge >= 0.3 is 5.97 Å². The molecule has 0 radical (unpaired) electrons. The van der Waals surface area contributed by atoms with E-state index in [1.165, 1.54) is 11.8 Å². The molecule has 3 nitrogen and oxygen atoms in total. The molecule has 2 rings (SSSR count). The third kappa shape index (κ3) is 5.19. The standard InChI is InChI=1S/C20H21F3O3S/c1-4-12-9-13(20(22)23)17(10-15(12)21)25-11-14-16(26-19(24)5-2)7-6-8-18(14)27-3/h6-10,20H,4-5,11H2,1-3H3. The Morgan fingerprint density at radius 2 is 1.93 bits per heavy atom. The number of thioether (sulfide) groups is 1. The van der Waals surface area contributed by atoms with Gasteiger partial charge in [-0.05, 0) is 36.4 Å². The van der Waals surface area contributed by atoms with Crippen LogP contribution in [0.5, 0.6) is 11.5 Å². The second-order valence-electron chi connectivity index (χ2n) is 5.69. The Balaban J connectivity index is 2.36. The maximum absolute atomic E-state index is 14.1. The van der Waals surface area contributed by atoms with Crippen LogP contribution in [-0.2, 0) is 17.8 Å². The molecule has 2 aromatic carbocycles. The highest BCUT2D eigenvalue weighted by Gasteiger charge is 2.19. The van der Waals surface area contributed by atoms with E-state index >= 15 is 0 Å². The fraction of sp³-hybridized carbons (Fsp3) is 0.350. The number of carbonyl (C=O) groups is 1. The molecule has 0 saturated heterocycles. The monoisotopic (exact) mass is 398 g/mol. The lowest BCUT2D eigenvalue weighted by atomic mass is 10.1. The molecule has 0 heterocycles. The quantitative estimate of drug-likeness (QED) is 0.313. The molecule has 2 aromatic rings. The van der Waals surface area contributed by atoms with Crippen LogP contribution < -0.4 is 9.47 Å². The lowest BCUT2D eigenvalue weighted by Crippen LogP contribution is -2.10. The zero-order valence-electron chi connectivity index (χ0n) is 15.4. The molecule has 0 amide bonds. The van der Waals surface area contributed by atoms with E-state index in [-0.39, 0.29) is 29.9 Å². The Hall–Kier alpha value is -2.15. The minimum absolute atomic E-state index is 0.131. The van der Waals surface area contributed by atoms with Gasteiger partial charge in [-0.15, -0.1) is 11.8 Å². The summed E-state index contributed by atoms with van der Waals surface area (Å²) in [5.41, 5.74) is 0.397. The number of alkyl halides is 2. The lowest BCUT2D eigenvalue weighted by molar-refractivity contribution is -0.134. The highest BCUT2D eigenvalue weighted by atomic mass is 32.2. The predicted molar refractivity (Wildman–Crippen MR) is 99.2 cm³/mol. The topological polar surface area (TPSA) is 35.5 Å². The minimum Gasteiger partial charge on any atom is -0.488 e. The smallest absolute Gasteiger partial charge is 0.310 e. The lowest BCUT2D eigenvalue weighted by Gasteiger charge is -2.17. The molecule has 7 heteroatoms. The molecule has 0 aliphatic rings. The van der Waals surface area contributed by atoms with Crippen molar-refractivity contribution in [1.29, 1.82) is 0 Å². The molecule has 0 spiro atoms. The second-order valence-corrected chi connectivity index (χ2v) is 6.54. The third-order valence-corrected chi connectivity index (χ3v) is 4.81. The Kier molecular flexibility index (Phi) is 7.59. The van der Waals surface area contributed by atoms with Gasteiger partial charge in [-0.3, -0.25) is 4.79 Å². The van der Waals surface area contributed by atoms with Crippen LogP contribution in [-0.4, -0.2) is 12.2 Å². The summed E-state index contributed by atoms with van der Waals surface area (Å²) in [6, 6.07) is 7.27. The number of ether oxygens (including phenoxy) is 2. The average Bonchev–Trinajstić information content (AvgIpc) is 2.66. The van der Waals surface area contributed by atoms with Gasteiger partial charge < -0.3 is 9.47 Å². The maximum Gasteiger partial charge on any atom is 0.310 e. The Bertz CT molecular complexity index is 809. The van der Waals surface area contributed by atoms with Crippen molar-refractivity contribution in [3.8, 4) is 11.5 Å². The molecule has 27 heavy (non-hydrogen) atoms. The van der Waals surface area contributed by atoms with Gasteiger partial charge in [0.15, 0.2) is 0 Å². The number of esters is 1. The maximum atomic E-state index is 14.1. The first kappa shape index (κ1) is 21.2. The zero-order chi connectivity index (χ0) is 20.0. The van der Waals surface area contributed by atoms with Gasteiger partial charge in [-0.25, -0.2) is 13.2 Å². The first-order chi connectivity index (χ1) is 12.9. The van der Waals surface area contributed by atoms with Crippen LogP contribution in [0.2, 0.25) is 0 Å². The molecule has 0 fully saturated rings. The largest absolute Gasteiger partial charge is 0.488 e. The summed E-state index contributed by atoms with van der Waals surface area (Å²) >= 11 is 1.41. The zero-order valence-corrected chi connectivity index (χ0v) is 16.2. The molecule has 146 valence electrons. The van der Waals surface area contributed by atoms with E-state index in [2.05, 4.69) is 0 Å². The Morgan fingerprint density at radius 3 is 2.52 bits per heavy atom. The van der Waals surface area contributed by atoms with Gasteiger partial charge in [-0.1, -0.05) is 19.9 Å². The summed E-state index contributed by atoms with van der Waals surface area (Å²) in [6.45, 7) is 3.23. The van der Waals surface area contributed by atoms with Crippen molar-refractivity contribution in [2.45, 2.75) is 44.6 Å². The molecule has 0 saturated carbocycles. The van der Waals surface area contributed by atoms with Crippen molar-refractivity contribution in [3.05, 3.63) is 52.8 Å². The summed E-state index contributed by atoms with van der Waals surface area (Å²) in [4.78, 5) is 12.4. The van der Waals surface area contributed by atoms with Gasteiger partial charge in [0.05, 0.1) is 5.56 Å². The SMILES string of the molecule is CCC(=O)Oc1cccc(SC)c1COc1cc(F)c(CC)cc1C(F)F.